The van der Waals surface area contributed by atoms with Gasteiger partial charge in [0.1, 0.15) is 0 Å². The van der Waals surface area contributed by atoms with Crippen molar-refractivity contribution in [1.82, 2.24) is 0 Å². The predicted molar refractivity (Wildman–Crippen MR) is 77.4 cm³/mol. The van der Waals surface area contributed by atoms with Crippen LogP contribution >= 0.6 is 15.9 Å². The van der Waals surface area contributed by atoms with E-state index in [4.69, 9.17) is 0 Å². The van der Waals surface area contributed by atoms with Gasteiger partial charge in [-0.15, -0.1) is 0 Å². The van der Waals surface area contributed by atoms with Gasteiger partial charge in [-0.1, -0.05) is 51.8 Å². The monoisotopic (exact) mass is 289 g/mol. The Balaban J connectivity index is 2.07. The zero-order valence-electron chi connectivity index (χ0n) is 10.1. The van der Waals surface area contributed by atoms with E-state index in [1.54, 1.807) is 0 Å². The molecule has 0 bridgehead atoms. The molecule has 2 aromatic rings. The maximum Gasteiger partial charge on any atom is 0.0400 e. The number of hydrogen-bond acceptors (Lipinski definition) is 1. The molecule has 0 aliphatic carbocycles. The van der Waals surface area contributed by atoms with Gasteiger partial charge in [-0.05, 0) is 37.1 Å². The Kier molecular flexibility index (Phi) is 3.85. The summed E-state index contributed by atoms with van der Waals surface area (Å²) in [6, 6.07) is 14.8. The molecule has 0 aromatic heterocycles. The first-order valence-corrected chi connectivity index (χ1v) is 6.50. The topological polar surface area (TPSA) is 12.0 Å². The highest BCUT2D eigenvalue weighted by atomic mass is 79.9. The fraction of sp³-hybridized carbons (Fsp3) is 0.200. The van der Waals surface area contributed by atoms with Crippen molar-refractivity contribution < 1.29 is 0 Å². The molecule has 0 saturated heterocycles. The van der Waals surface area contributed by atoms with Gasteiger partial charge in [0, 0.05) is 16.7 Å². The van der Waals surface area contributed by atoms with Crippen LogP contribution in [0.15, 0.2) is 46.9 Å². The van der Waals surface area contributed by atoms with E-state index in [-0.39, 0.29) is 0 Å². The minimum atomic E-state index is 0.859. The van der Waals surface area contributed by atoms with Gasteiger partial charge < -0.3 is 5.32 Å². The molecule has 0 saturated carbocycles. The zero-order valence-corrected chi connectivity index (χ0v) is 11.7. The van der Waals surface area contributed by atoms with Gasteiger partial charge in [0.25, 0.3) is 0 Å². The Morgan fingerprint density at radius 3 is 2.41 bits per heavy atom. The molecule has 1 N–H and O–H groups in total. The fourth-order valence-electron chi connectivity index (χ4n) is 1.70. The van der Waals surface area contributed by atoms with Crippen molar-refractivity contribution in [3.8, 4) is 0 Å². The molecule has 0 fully saturated rings. The van der Waals surface area contributed by atoms with E-state index in [2.05, 4.69) is 77.6 Å². The fourth-order valence-corrected chi connectivity index (χ4v) is 2.07. The normalized spacial score (nSPS) is 10.3. The second kappa shape index (κ2) is 5.37. The zero-order chi connectivity index (χ0) is 12.3. The predicted octanol–water partition coefficient (Wildman–Crippen LogP) is 4.68. The van der Waals surface area contributed by atoms with Gasteiger partial charge in [0.2, 0.25) is 0 Å². The van der Waals surface area contributed by atoms with Crippen LogP contribution in [0.25, 0.3) is 0 Å². The third-order valence-corrected chi connectivity index (χ3v) is 3.73. The van der Waals surface area contributed by atoms with Crippen molar-refractivity contribution in [3.05, 3.63) is 63.6 Å². The molecular formula is C15H16BrN. The molecule has 0 unspecified atom stereocenters. The van der Waals surface area contributed by atoms with E-state index in [1.807, 2.05) is 0 Å². The van der Waals surface area contributed by atoms with Gasteiger partial charge in [0.05, 0.1) is 0 Å². The number of rotatable bonds is 3. The van der Waals surface area contributed by atoms with E-state index in [9.17, 15) is 0 Å². The molecule has 0 spiro atoms. The van der Waals surface area contributed by atoms with E-state index >= 15 is 0 Å². The van der Waals surface area contributed by atoms with Crippen molar-refractivity contribution in [2.75, 3.05) is 5.32 Å². The largest absolute Gasteiger partial charge is 0.381 e. The van der Waals surface area contributed by atoms with E-state index in [0.29, 0.717) is 0 Å². The van der Waals surface area contributed by atoms with Crippen LogP contribution < -0.4 is 5.32 Å². The second-order valence-electron chi connectivity index (χ2n) is 4.25. The van der Waals surface area contributed by atoms with Crippen molar-refractivity contribution >= 4 is 21.6 Å². The molecule has 1 nitrogen and oxygen atoms in total. The Hall–Kier alpha value is -1.28. The van der Waals surface area contributed by atoms with Crippen LogP contribution in [0.4, 0.5) is 5.69 Å². The van der Waals surface area contributed by atoms with Gasteiger partial charge >= 0.3 is 0 Å². The summed E-state index contributed by atoms with van der Waals surface area (Å²) >= 11 is 3.54. The Morgan fingerprint density at radius 1 is 1.00 bits per heavy atom. The lowest BCUT2D eigenvalue weighted by atomic mass is 10.1. The summed E-state index contributed by atoms with van der Waals surface area (Å²) in [7, 11) is 0. The summed E-state index contributed by atoms with van der Waals surface area (Å²) in [6.45, 7) is 5.08. The maximum atomic E-state index is 3.54. The average molecular weight is 290 g/mol. The molecule has 0 aliphatic rings. The average Bonchev–Trinajstić information content (AvgIpc) is 2.33. The first-order valence-electron chi connectivity index (χ1n) is 5.71. The number of halogens is 1. The smallest absolute Gasteiger partial charge is 0.0400 e. The lowest BCUT2D eigenvalue weighted by Gasteiger charge is -2.10. The van der Waals surface area contributed by atoms with Crippen LogP contribution in [-0.4, -0.2) is 0 Å². The van der Waals surface area contributed by atoms with Crippen LogP contribution in [0.3, 0.4) is 0 Å². The molecule has 17 heavy (non-hydrogen) atoms. The van der Waals surface area contributed by atoms with E-state index < -0.39 is 0 Å². The molecule has 2 aromatic carbocycles. The standard InChI is InChI=1S/C15H16BrN/c1-11-6-8-13(9-7-11)10-17-15-5-3-4-14(16)12(15)2/h3-9,17H,10H2,1-2H3. The summed E-state index contributed by atoms with van der Waals surface area (Å²) < 4.78 is 1.14. The highest BCUT2D eigenvalue weighted by Crippen LogP contribution is 2.23. The Morgan fingerprint density at radius 2 is 1.71 bits per heavy atom. The third-order valence-electron chi connectivity index (χ3n) is 2.87. The van der Waals surface area contributed by atoms with Crippen molar-refractivity contribution in [2.24, 2.45) is 0 Å². The van der Waals surface area contributed by atoms with E-state index in [0.717, 1.165) is 11.0 Å². The molecule has 0 aliphatic heterocycles. The third kappa shape index (κ3) is 3.10. The quantitative estimate of drug-likeness (QED) is 0.865. The molecule has 0 heterocycles. The first kappa shape index (κ1) is 12.2. The molecule has 88 valence electrons. The number of nitrogens with one attached hydrogen (secondary N) is 1. The van der Waals surface area contributed by atoms with Gasteiger partial charge in [-0.3, -0.25) is 0 Å². The van der Waals surface area contributed by atoms with Gasteiger partial charge in [-0.2, -0.15) is 0 Å². The van der Waals surface area contributed by atoms with Crippen LogP contribution in [0, 0.1) is 13.8 Å². The lowest BCUT2D eigenvalue weighted by molar-refractivity contribution is 1.13. The Bertz CT molecular complexity index is 503. The number of benzene rings is 2. The highest BCUT2D eigenvalue weighted by molar-refractivity contribution is 9.10. The summed E-state index contributed by atoms with van der Waals surface area (Å²) in [5.74, 6) is 0. The number of aryl methyl sites for hydroxylation is 1. The molecule has 0 radical (unpaired) electrons. The number of hydrogen-bond donors (Lipinski definition) is 1. The SMILES string of the molecule is Cc1ccc(CNc2cccc(Br)c2C)cc1. The summed E-state index contributed by atoms with van der Waals surface area (Å²) in [6.07, 6.45) is 0. The van der Waals surface area contributed by atoms with Crippen LogP contribution in [0.2, 0.25) is 0 Å². The molecule has 0 amide bonds. The first-order chi connectivity index (χ1) is 8.16. The molecule has 2 rings (SSSR count). The summed E-state index contributed by atoms with van der Waals surface area (Å²) in [5.41, 5.74) is 5.03. The van der Waals surface area contributed by atoms with Gasteiger partial charge in [0.15, 0.2) is 0 Å². The minimum Gasteiger partial charge on any atom is -0.381 e. The second-order valence-corrected chi connectivity index (χ2v) is 5.11. The molecular weight excluding hydrogens is 274 g/mol. The van der Waals surface area contributed by atoms with Crippen LogP contribution in [0.1, 0.15) is 16.7 Å². The van der Waals surface area contributed by atoms with Crippen molar-refractivity contribution in [2.45, 2.75) is 20.4 Å². The summed E-state index contributed by atoms with van der Waals surface area (Å²) in [5, 5.41) is 3.46. The van der Waals surface area contributed by atoms with Crippen LogP contribution in [-0.2, 0) is 6.54 Å². The van der Waals surface area contributed by atoms with Crippen molar-refractivity contribution in [3.63, 3.8) is 0 Å². The number of anilines is 1. The molecule has 2 heteroatoms. The molecule has 0 atom stereocenters. The maximum absolute atomic E-state index is 3.54. The van der Waals surface area contributed by atoms with Crippen LogP contribution in [0.5, 0.6) is 0 Å². The van der Waals surface area contributed by atoms with Gasteiger partial charge in [-0.25, -0.2) is 0 Å². The minimum absolute atomic E-state index is 0.859. The Labute approximate surface area is 111 Å². The lowest BCUT2D eigenvalue weighted by Crippen LogP contribution is -2.01. The van der Waals surface area contributed by atoms with Crippen molar-refractivity contribution in [1.29, 1.82) is 0 Å². The summed E-state index contributed by atoms with van der Waals surface area (Å²) in [4.78, 5) is 0. The highest BCUT2D eigenvalue weighted by Gasteiger charge is 2.00. The van der Waals surface area contributed by atoms with E-state index in [1.165, 1.54) is 22.4 Å².